The Morgan fingerprint density at radius 2 is 2.03 bits per heavy atom. The molecule has 2 N–H and O–H groups in total. The quantitative estimate of drug-likeness (QED) is 0.617. The molecule has 31 heavy (non-hydrogen) atoms. The van der Waals surface area contributed by atoms with Crippen LogP contribution in [0.3, 0.4) is 0 Å². The highest BCUT2D eigenvalue weighted by Gasteiger charge is 2.39. The van der Waals surface area contributed by atoms with Crippen LogP contribution in [0.1, 0.15) is 30.6 Å². The zero-order valence-electron chi connectivity index (χ0n) is 18.1. The molecule has 2 aromatic carbocycles. The van der Waals surface area contributed by atoms with Crippen LogP contribution in [0.15, 0.2) is 60.2 Å². The number of carbonyl (C=O) groups excluding carboxylic acids is 1. The monoisotopic (exact) mass is 415 g/mol. The molecule has 2 aliphatic rings. The highest BCUT2D eigenvalue weighted by atomic mass is 16.1. The summed E-state index contributed by atoms with van der Waals surface area (Å²) in [6.45, 7) is 8.19. The van der Waals surface area contributed by atoms with Crippen molar-refractivity contribution < 1.29 is 4.79 Å². The van der Waals surface area contributed by atoms with Crippen molar-refractivity contribution in [1.82, 2.24) is 14.9 Å². The fourth-order valence-electron chi connectivity index (χ4n) is 4.75. The molecule has 0 saturated carbocycles. The maximum absolute atomic E-state index is 12.6. The van der Waals surface area contributed by atoms with Crippen molar-refractivity contribution in [1.29, 1.82) is 0 Å². The van der Waals surface area contributed by atoms with Crippen molar-refractivity contribution in [2.75, 3.05) is 29.9 Å². The molecule has 0 radical (unpaired) electrons. The summed E-state index contributed by atoms with van der Waals surface area (Å²) in [6, 6.07) is 15.8. The van der Waals surface area contributed by atoms with Gasteiger partial charge in [-0.2, -0.15) is 0 Å². The number of amides is 1. The Hall–Kier alpha value is -3.12. The van der Waals surface area contributed by atoms with Crippen LogP contribution in [0.25, 0.3) is 11.0 Å². The summed E-state index contributed by atoms with van der Waals surface area (Å²) in [5.41, 5.74) is 4.73. The van der Waals surface area contributed by atoms with Crippen LogP contribution in [-0.4, -0.2) is 41.1 Å². The van der Waals surface area contributed by atoms with E-state index in [1.54, 1.807) is 0 Å². The minimum atomic E-state index is -0.102. The van der Waals surface area contributed by atoms with E-state index in [1.807, 2.05) is 48.5 Å². The van der Waals surface area contributed by atoms with E-state index in [1.165, 1.54) is 12.0 Å². The molecule has 2 aliphatic heterocycles. The van der Waals surface area contributed by atoms with Crippen LogP contribution in [-0.2, 0) is 6.54 Å². The van der Waals surface area contributed by atoms with Gasteiger partial charge >= 0.3 is 0 Å². The van der Waals surface area contributed by atoms with Crippen molar-refractivity contribution in [3.8, 4) is 0 Å². The first-order valence-corrected chi connectivity index (χ1v) is 11.1. The number of carbonyl (C=O) groups is 1. The fourth-order valence-corrected chi connectivity index (χ4v) is 4.75. The predicted octanol–water partition coefficient (Wildman–Crippen LogP) is 4.05. The van der Waals surface area contributed by atoms with Gasteiger partial charge in [-0.25, -0.2) is 4.98 Å². The average molecular weight is 416 g/mol. The molecule has 1 amide bonds. The molecule has 6 nitrogen and oxygen atoms in total. The number of hydrogen-bond donors (Lipinski definition) is 2. The summed E-state index contributed by atoms with van der Waals surface area (Å²) in [6.07, 6.45) is 3.45. The molecular formula is C25H29N5O. The van der Waals surface area contributed by atoms with Gasteiger partial charge in [0.25, 0.3) is 5.91 Å². The molecule has 2 fully saturated rings. The molecule has 5 rings (SSSR count). The highest BCUT2D eigenvalue weighted by molar-refractivity contribution is 6.05. The second-order valence-corrected chi connectivity index (χ2v) is 8.80. The molecule has 2 atom stereocenters. The van der Waals surface area contributed by atoms with Gasteiger partial charge in [0.15, 0.2) is 0 Å². The van der Waals surface area contributed by atoms with Gasteiger partial charge in [-0.05, 0) is 56.5 Å². The number of hydrogen-bond acceptors (Lipinski definition) is 4. The van der Waals surface area contributed by atoms with Crippen molar-refractivity contribution in [2.45, 2.75) is 32.9 Å². The van der Waals surface area contributed by atoms with Gasteiger partial charge in [-0.15, -0.1) is 0 Å². The Kier molecular flexibility index (Phi) is 5.24. The average Bonchev–Trinajstić information content (AvgIpc) is 3.47. The van der Waals surface area contributed by atoms with Gasteiger partial charge in [-0.3, -0.25) is 4.79 Å². The standard InChI is InChI=1S/C25H29N5O/c1-17(2)10-12-29-22-14-20(27-24(31)18-6-4-3-5-7-18)8-9-21(22)28-25(29)30-13-11-19-15-26-16-23(19)30/h3-10,14,19,23,26H,11-13,15-16H2,1-2H3,(H,27,31). The van der Waals surface area contributed by atoms with Gasteiger partial charge in [0.05, 0.1) is 11.0 Å². The third-order valence-corrected chi connectivity index (χ3v) is 6.41. The molecule has 0 bridgehead atoms. The van der Waals surface area contributed by atoms with Gasteiger partial charge in [0, 0.05) is 43.5 Å². The fraction of sp³-hybridized carbons (Fsp3) is 0.360. The predicted molar refractivity (Wildman–Crippen MR) is 126 cm³/mol. The minimum Gasteiger partial charge on any atom is -0.338 e. The molecule has 2 saturated heterocycles. The normalized spacial score (nSPS) is 20.1. The van der Waals surface area contributed by atoms with E-state index in [2.05, 4.69) is 40.0 Å². The molecule has 3 aromatic rings. The first-order chi connectivity index (χ1) is 15.1. The second kappa shape index (κ2) is 8.19. The minimum absolute atomic E-state index is 0.102. The Morgan fingerprint density at radius 3 is 2.84 bits per heavy atom. The van der Waals surface area contributed by atoms with Crippen LogP contribution in [0.2, 0.25) is 0 Å². The number of imidazole rings is 1. The number of benzene rings is 2. The molecule has 160 valence electrons. The molecule has 2 unspecified atom stereocenters. The Balaban J connectivity index is 1.51. The molecule has 3 heterocycles. The van der Waals surface area contributed by atoms with Crippen LogP contribution in [0, 0.1) is 5.92 Å². The van der Waals surface area contributed by atoms with E-state index in [-0.39, 0.29) is 5.91 Å². The number of nitrogens with zero attached hydrogens (tertiary/aromatic N) is 3. The molecule has 0 aliphatic carbocycles. The maximum atomic E-state index is 12.6. The summed E-state index contributed by atoms with van der Waals surface area (Å²) >= 11 is 0. The highest BCUT2D eigenvalue weighted by Crippen LogP contribution is 2.34. The largest absolute Gasteiger partial charge is 0.338 e. The van der Waals surface area contributed by atoms with Crippen LogP contribution in [0.4, 0.5) is 11.6 Å². The number of nitrogens with one attached hydrogen (secondary N) is 2. The SMILES string of the molecule is CC(C)=CCn1c(N2CCC3CNCC32)nc2ccc(NC(=O)c3ccccc3)cc21. The maximum Gasteiger partial charge on any atom is 0.255 e. The number of aromatic nitrogens is 2. The number of fused-ring (bicyclic) bond motifs is 2. The van der Waals surface area contributed by atoms with Gasteiger partial charge in [0.1, 0.15) is 0 Å². The van der Waals surface area contributed by atoms with Crippen LogP contribution in [0.5, 0.6) is 0 Å². The van der Waals surface area contributed by atoms with E-state index >= 15 is 0 Å². The summed E-state index contributed by atoms with van der Waals surface area (Å²) < 4.78 is 2.29. The summed E-state index contributed by atoms with van der Waals surface area (Å²) in [7, 11) is 0. The van der Waals surface area contributed by atoms with E-state index in [0.29, 0.717) is 17.5 Å². The number of allylic oxidation sites excluding steroid dienone is 2. The summed E-state index contributed by atoms with van der Waals surface area (Å²) in [5, 5.41) is 6.57. The summed E-state index contributed by atoms with van der Waals surface area (Å²) in [4.78, 5) is 20.1. The van der Waals surface area contributed by atoms with E-state index < -0.39 is 0 Å². The van der Waals surface area contributed by atoms with Crippen molar-refractivity contribution >= 4 is 28.6 Å². The molecule has 6 heteroatoms. The van der Waals surface area contributed by atoms with Crippen molar-refractivity contribution in [2.24, 2.45) is 5.92 Å². The second-order valence-electron chi connectivity index (χ2n) is 8.80. The smallest absolute Gasteiger partial charge is 0.255 e. The Morgan fingerprint density at radius 1 is 1.19 bits per heavy atom. The number of anilines is 2. The molecular weight excluding hydrogens is 386 g/mol. The van der Waals surface area contributed by atoms with Crippen LogP contribution >= 0.6 is 0 Å². The summed E-state index contributed by atoms with van der Waals surface area (Å²) in [5.74, 6) is 1.64. The third-order valence-electron chi connectivity index (χ3n) is 6.41. The van der Waals surface area contributed by atoms with Crippen LogP contribution < -0.4 is 15.5 Å². The van der Waals surface area contributed by atoms with E-state index in [4.69, 9.17) is 4.98 Å². The van der Waals surface area contributed by atoms with Gasteiger partial charge < -0.3 is 20.1 Å². The lowest BCUT2D eigenvalue weighted by Crippen LogP contribution is -2.36. The lowest BCUT2D eigenvalue weighted by Gasteiger charge is -2.25. The Bertz CT molecular complexity index is 1130. The lowest BCUT2D eigenvalue weighted by molar-refractivity contribution is 0.102. The van der Waals surface area contributed by atoms with E-state index in [0.717, 1.165) is 48.8 Å². The lowest BCUT2D eigenvalue weighted by atomic mass is 10.1. The number of rotatable bonds is 5. The topological polar surface area (TPSA) is 62.2 Å². The third kappa shape index (κ3) is 3.83. The Labute approximate surface area is 183 Å². The van der Waals surface area contributed by atoms with Crippen molar-refractivity contribution in [3.05, 3.63) is 65.7 Å². The molecule has 1 aromatic heterocycles. The van der Waals surface area contributed by atoms with E-state index in [9.17, 15) is 4.79 Å². The zero-order valence-corrected chi connectivity index (χ0v) is 18.1. The van der Waals surface area contributed by atoms with Gasteiger partial charge in [-0.1, -0.05) is 29.8 Å². The van der Waals surface area contributed by atoms with Gasteiger partial charge in [0.2, 0.25) is 5.95 Å². The van der Waals surface area contributed by atoms with Crippen molar-refractivity contribution in [3.63, 3.8) is 0 Å². The first-order valence-electron chi connectivity index (χ1n) is 11.1. The molecule has 0 spiro atoms. The first kappa shape index (κ1) is 19.8. The zero-order chi connectivity index (χ0) is 21.4.